The van der Waals surface area contributed by atoms with Gasteiger partial charge in [-0.2, -0.15) is 13.2 Å². The van der Waals surface area contributed by atoms with Crippen LogP contribution in [0, 0.1) is 0 Å². The first-order valence-electron chi connectivity index (χ1n) is 10.4. The van der Waals surface area contributed by atoms with Gasteiger partial charge in [-0.1, -0.05) is 11.6 Å². The molecule has 1 aromatic heterocycles. The van der Waals surface area contributed by atoms with Crippen molar-refractivity contribution < 1.29 is 41.1 Å². The average molecular weight is 535 g/mol. The highest BCUT2D eigenvalue weighted by molar-refractivity contribution is 6.37. The van der Waals surface area contributed by atoms with Gasteiger partial charge < -0.3 is 15.8 Å². The van der Waals surface area contributed by atoms with Gasteiger partial charge in [0.05, 0.1) is 6.04 Å². The normalized spacial score (nSPS) is 18.4. The number of pyridine rings is 1. The number of alkyl halides is 5. The monoisotopic (exact) mass is 534 g/mol. The highest BCUT2D eigenvalue weighted by Crippen LogP contribution is 2.42. The Balaban J connectivity index is 1.77. The van der Waals surface area contributed by atoms with Crippen LogP contribution in [-0.4, -0.2) is 40.8 Å². The lowest BCUT2D eigenvalue weighted by molar-refractivity contribution is -0.141. The molecule has 1 aliphatic heterocycles. The van der Waals surface area contributed by atoms with Crippen molar-refractivity contribution in [3.8, 4) is 0 Å². The van der Waals surface area contributed by atoms with E-state index in [0.717, 1.165) is 12.3 Å². The fourth-order valence-electron chi connectivity index (χ4n) is 3.34. The summed E-state index contributed by atoms with van der Waals surface area (Å²) in [5.41, 5.74) is 3.90. The number of hydrogen-bond donors (Lipinski definition) is 3. The number of ether oxygens (including phenoxy) is 1. The van der Waals surface area contributed by atoms with Gasteiger partial charge in [0.25, 0.3) is 11.8 Å². The van der Waals surface area contributed by atoms with E-state index in [1.165, 1.54) is 18.2 Å². The lowest BCUT2D eigenvalue weighted by Crippen LogP contribution is -2.45. The summed E-state index contributed by atoms with van der Waals surface area (Å²) in [5.74, 6) is -6.38. The molecule has 3 atom stereocenters. The van der Waals surface area contributed by atoms with Gasteiger partial charge in [-0.25, -0.2) is 8.78 Å². The minimum absolute atomic E-state index is 0.141. The molecule has 0 spiro atoms. The Morgan fingerprint density at radius 1 is 1.17 bits per heavy atom. The van der Waals surface area contributed by atoms with Crippen LogP contribution >= 0.6 is 11.6 Å². The SMILES string of the molecule is CC(F)(F)CC[C@H](NC1OC1c1cc(Cl)ccc1NC(=O)c1ccnc(C(F)(F)F)c1)C(=O)C(N)=O. The van der Waals surface area contributed by atoms with Gasteiger partial charge in [0, 0.05) is 34.5 Å². The summed E-state index contributed by atoms with van der Waals surface area (Å²) >= 11 is 6.04. The van der Waals surface area contributed by atoms with Crippen molar-refractivity contribution >= 4 is 34.9 Å². The Morgan fingerprint density at radius 3 is 2.47 bits per heavy atom. The molecule has 0 radical (unpaired) electrons. The number of ketones is 1. The molecule has 2 aromatic rings. The molecular formula is C22H20ClF5N4O4. The number of nitrogens with zero attached hydrogens (tertiary/aromatic N) is 1. The van der Waals surface area contributed by atoms with Crippen LogP contribution in [0.15, 0.2) is 36.5 Å². The summed E-state index contributed by atoms with van der Waals surface area (Å²) < 4.78 is 70.8. The molecule has 1 fully saturated rings. The maximum absolute atomic E-state index is 13.3. The molecule has 194 valence electrons. The maximum Gasteiger partial charge on any atom is 0.433 e. The summed E-state index contributed by atoms with van der Waals surface area (Å²) in [6.45, 7) is 0.663. The van der Waals surface area contributed by atoms with E-state index >= 15 is 0 Å². The molecule has 1 saturated heterocycles. The maximum atomic E-state index is 13.3. The predicted molar refractivity (Wildman–Crippen MR) is 117 cm³/mol. The molecule has 4 N–H and O–H groups in total. The van der Waals surface area contributed by atoms with Crippen LogP contribution in [0.4, 0.5) is 27.6 Å². The summed E-state index contributed by atoms with van der Waals surface area (Å²) in [5, 5.41) is 5.36. The number of primary amides is 1. The first kappa shape index (κ1) is 27.4. The fourth-order valence-corrected chi connectivity index (χ4v) is 3.52. The number of anilines is 1. The number of halogens is 6. The van der Waals surface area contributed by atoms with Gasteiger partial charge in [-0.15, -0.1) is 0 Å². The fraction of sp³-hybridized carbons (Fsp3) is 0.364. The Hall–Kier alpha value is -3.16. The Morgan fingerprint density at radius 2 is 1.86 bits per heavy atom. The van der Waals surface area contributed by atoms with Gasteiger partial charge >= 0.3 is 6.18 Å². The third-order valence-electron chi connectivity index (χ3n) is 5.17. The van der Waals surface area contributed by atoms with Crippen LogP contribution in [0.1, 0.15) is 47.5 Å². The number of nitrogens with two attached hydrogens (primary N) is 1. The third kappa shape index (κ3) is 7.18. The van der Waals surface area contributed by atoms with E-state index in [1.54, 1.807) is 0 Å². The Kier molecular flexibility index (Phi) is 7.96. The molecule has 2 heterocycles. The van der Waals surface area contributed by atoms with E-state index in [0.29, 0.717) is 18.6 Å². The second-order valence-corrected chi connectivity index (χ2v) is 8.58. The molecule has 36 heavy (non-hydrogen) atoms. The first-order chi connectivity index (χ1) is 16.7. The van der Waals surface area contributed by atoms with E-state index in [4.69, 9.17) is 22.1 Å². The van der Waals surface area contributed by atoms with Crippen molar-refractivity contribution in [1.29, 1.82) is 0 Å². The molecule has 0 bridgehead atoms. The second-order valence-electron chi connectivity index (χ2n) is 8.15. The van der Waals surface area contributed by atoms with E-state index in [-0.39, 0.29) is 16.3 Å². The van der Waals surface area contributed by atoms with Crippen molar-refractivity contribution in [2.75, 3.05) is 5.32 Å². The number of hydrogen-bond acceptors (Lipinski definition) is 6. The summed E-state index contributed by atoms with van der Waals surface area (Å²) in [6.07, 6.45) is -6.75. The minimum Gasteiger partial charge on any atom is -0.363 e. The number of rotatable bonds is 10. The first-order valence-corrected chi connectivity index (χ1v) is 10.8. The van der Waals surface area contributed by atoms with E-state index in [9.17, 15) is 36.3 Å². The summed E-state index contributed by atoms with van der Waals surface area (Å²) in [6, 6.07) is 4.57. The third-order valence-corrected chi connectivity index (χ3v) is 5.40. The average Bonchev–Trinajstić information content (AvgIpc) is 3.55. The molecule has 8 nitrogen and oxygen atoms in total. The number of amides is 2. The standard InChI is InChI=1S/C22H20ClF5N4O4/c1-21(24,25)6-4-14(16(33)18(29)34)32-20-17(36-20)12-9-11(23)2-3-13(12)31-19(35)10-5-7-30-15(8-10)22(26,27)28/h2-3,5,7-9,14,17,20,32H,4,6H2,1H3,(H2,29,34)(H,31,35)/t14-,17?,20?/m0/s1. The van der Waals surface area contributed by atoms with Crippen molar-refractivity contribution in [3.05, 3.63) is 58.4 Å². The zero-order chi connectivity index (χ0) is 26.8. The lowest BCUT2D eigenvalue weighted by Gasteiger charge is -2.17. The molecule has 0 aliphatic carbocycles. The van der Waals surface area contributed by atoms with Crippen LogP contribution in [0.3, 0.4) is 0 Å². The minimum atomic E-state index is -4.75. The van der Waals surface area contributed by atoms with Crippen molar-refractivity contribution in [2.45, 2.75) is 50.2 Å². The highest BCUT2D eigenvalue weighted by atomic mass is 35.5. The predicted octanol–water partition coefficient (Wildman–Crippen LogP) is 3.85. The number of epoxide rings is 1. The summed E-state index contributed by atoms with van der Waals surface area (Å²) in [4.78, 5) is 39.2. The van der Waals surface area contributed by atoms with Gasteiger partial charge in [0.2, 0.25) is 11.7 Å². The van der Waals surface area contributed by atoms with Crippen LogP contribution in [0.5, 0.6) is 0 Å². The van der Waals surface area contributed by atoms with Gasteiger partial charge in [0.15, 0.2) is 0 Å². The Bertz CT molecular complexity index is 1170. The van der Waals surface area contributed by atoms with Crippen LogP contribution in [0.2, 0.25) is 5.02 Å². The molecule has 3 rings (SSSR count). The topological polar surface area (TPSA) is 127 Å². The highest BCUT2D eigenvalue weighted by Gasteiger charge is 2.45. The van der Waals surface area contributed by atoms with E-state index in [1.807, 2.05) is 0 Å². The number of nitrogens with one attached hydrogen (secondary N) is 2. The van der Waals surface area contributed by atoms with E-state index in [2.05, 4.69) is 15.6 Å². The van der Waals surface area contributed by atoms with Gasteiger partial charge in [-0.3, -0.25) is 24.7 Å². The molecule has 14 heteroatoms. The van der Waals surface area contributed by atoms with Crippen LogP contribution < -0.4 is 16.4 Å². The van der Waals surface area contributed by atoms with E-state index < -0.39 is 66.6 Å². The number of carbonyl (C=O) groups excluding carboxylic acids is 3. The van der Waals surface area contributed by atoms with Crippen molar-refractivity contribution in [1.82, 2.24) is 10.3 Å². The van der Waals surface area contributed by atoms with Crippen molar-refractivity contribution in [2.24, 2.45) is 5.73 Å². The van der Waals surface area contributed by atoms with Gasteiger partial charge in [0.1, 0.15) is 18.0 Å². The number of benzene rings is 1. The van der Waals surface area contributed by atoms with Crippen LogP contribution in [-0.2, 0) is 20.5 Å². The van der Waals surface area contributed by atoms with Crippen LogP contribution in [0.25, 0.3) is 0 Å². The quantitative estimate of drug-likeness (QED) is 0.241. The number of aromatic nitrogens is 1. The number of carbonyl (C=O) groups is 3. The number of Topliss-reactive ketones (excluding diaryl/α,β-unsaturated/α-hetero) is 1. The largest absolute Gasteiger partial charge is 0.433 e. The molecule has 1 aliphatic rings. The molecule has 2 unspecified atom stereocenters. The van der Waals surface area contributed by atoms with Crippen molar-refractivity contribution in [3.63, 3.8) is 0 Å². The molecule has 1 aromatic carbocycles. The Labute approximate surface area is 206 Å². The smallest absolute Gasteiger partial charge is 0.363 e. The molecule has 2 amide bonds. The zero-order valence-corrected chi connectivity index (χ0v) is 19.3. The second kappa shape index (κ2) is 10.4. The zero-order valence-electron chi connectivity index (χ0n) is 18.5. The van der Waals surface area contributed by atoms with Gasteiger partial charge in [-0.05, 0) is 43.7 Å². The summed E-state index contributed by atoms with van der Waals surface area (Å²) in [7, 11) is 0. The molecule has 0 saturated carbocycles. The molecular weight excluding hydrogens is 515 g/mol. The lowest BCUT2D eigenvalue weighted by atomic mass is 10.0.